The van der Waals surface area contributed by atoms with Crippen molar-refractivity contribution in [3.8, 4) is 0 Å². The molecule has 0 aliphatic heterocycles. The molecule has 2 rings (SSSR count). The number of carbonyl (C=O) groups is 1. The summed E-state index contributed by atoms with van der Waals surface area (Å²) in [6.07, 6.45) is 4.54. The second kappa shape index (κ2) is 6.51. The molecule has 0 spiro atoms. The second-order valence-electron chi connectivity index (χ2n) is 5.31. The van der Waals surface area contributed by atoms with Crippen LogP contribution in [0.15, 0.2) is 18.2 Å². The van der Waals surface area contributed by atoms with E-state index >= 15 is 0 Å². The minimum absolute atomic E-state index is 0.147. The Morgan fingerprint density at radius 2 is 2.05 bits per heavy atom. The largest absolute Gasteiger partial charge is 0.352 e. The number of nitrogens with one attached hydrogen (secondary N) is 1. The van der Waals surface area contributed by atoms with E-state index in [0.717, 1.165) is 31.2 Å². The number of halogens is 2. The molecule has 0 saturated heterocycles. The van der Waals surface area contributed by atoms with Crippen LogP contribution in [-0.4, -0.2) is 17.3 Å². The highest BCUT2D eigenvalue weighted by Crippen LogP contribution is 2.28. The molecule has 4 heteroatoms. The van der Waals surface area contributed by atoms with Crippen molar-refractivity contribution in [2.75, 3.05) is 6.54 Å². The maximum atomic E-state index is 13.6. The Morgan fingerprint density at radius 1 is 1.37 bits per heavy atom. The van der Waals surface area contributed by atoms with Crippen molar-refractivity contribution in [2.24, 2.45) is 5.92 Å². The summed E-state index contributed by atoms with van der Waals surface area (Å²) in [5.74, 6) is -0.236. The summed E-state index contributed by atoms with van der Waals surface area (Å²) in [7, 11) is 0. The van der Waals surface area contributed by atoms with Gasteiger partial charge in [-0.15, -0.1) is 0 Å². The van der Waals surface area contributed by atoms with Crippen molar-refractivity contribution < 1.29 is 9.18 Å². The van der Waals surface area contributed by atoms with Crippen molar-refractivity contribution in [3.63, 3.8) is 0 Å². The first-order chi connectivity index (χ1) is 9.06. The zero-order valence-corrected chi connectivity index (χ0v) is 12.7. The molecule has 2 nitrogen and oxygen atoms in total. The van der Waals surface area contributed by atoms with E-state index in [1.807, 2.05) is 6.92 Å². The molecular weight excluding hydrogens is 309 g/mol. The van der Waals surface area contributed by atoms with Gasteiger partial charge < -0.3 is 5.32 Å². The molecular formula is C15H19BrFNO. The highest BCUT2D eigenvalue weighted by Gasteiger charge is 2.20. The fourth-order valence-corrected chi connectivity index (χ4v) is 3.00. The Bertz CT molecular complexity index is 455. The summed E-state index contributed by atoms with van der Waals surface area (Å²) in [5, 5.41) is 2.86. The third-order valence-corrected chi connectivity index (χ3v) is 4.61. The van der Waals surface area contributed by atoms with E-state index in [1.165, 1.54) is 6.07 Å². The van der Waals surface area contributed by atoms with E-state index in [4.69, 9.17) is 0 Å². The Morgan fingerprint density at radius 3 is 2.74 bits per heavy atom. The predicted molar refractivity (Wildman–Crippen MR) is 78.1 cm³/mol. The van der Waals surface area contributed by atoms with E-state index in [9.17, 15) is 9.18 Å². The molecule has 1 N–H and O–H groups in total. The van der Waals surface area contributed by atoms with Crippen LogP contribution in [0.5, 0.6) is 0 Å². The molecule has 0 bridgehead atoms. The molecule has 1 saturated carbocycles. The van der Waals surface area contributed by atoms with Gasteiger partial charge in [-0.05, 0) is 50.7 Å². The van der Waals surface area contributed by atoms with Gasteiger partial charge >= 0.3 is 0 Å². The minimum atomic E-state index is -0.452. The molecule has 1 aliphatic rings. The number of hydrogen-bond acceptors (Lipinski definition) is 1. The lowest BCUT2D eigenvalue weighted by atomic mass is 9.89. The number of aryl methyl sites for hydroxylation is 1. The number of rotatable bonds is 3. The van der Waals surface area contributed by atoms with Gasteiger partial charge in [0.25, 0.3) is 5.91 Å². The fraction of sp³-hybridized carbons (Fsp3) is 0.533. The van der Waals surface area contributed by atoms with Gasteiger partial charge in [-0.1, -0.05) is 27.6 Å². The maximum Gasteiger partial charge on any atom is 0.254 e. The van der Waals surface area contributed by atoms with Gasteiger partial charge in [0, 0.05) is 11.4 Å². The van der Waals surface area contributed by atoms with Crippen LogP contribution in [0, 0.1) is 18.7 Å². The Hall–Kier alpha value is -0.900. The molecule has 0 heterocycles. The summed E-state index contributed by atoms with van der Waals surface area (Å²) in [5.41, 5.74) is 1.04. The topological polar surface area (TPSA) is 29.1 Å². The average Bonchev–Trinajstić information content (AvgIpc) is 2.40. The summed E-state index contributed by atoms with van der Waals surface area (Å²) in [6.45, 7) is 2.50. The molecule has 104 valence electrons. The average molecular weight is 328 g/mol. The number of carbonyl (C=O) groups excluding carboxylic acids is 1. The van der Waals surface area contributed by atoms with Crippen LogP contribution in [-0.2, 0) is 0 Å². The summed E-state index contributed by atoms with van der Waals surface area (Å²) in [4.78, 5) is 12.6. The van der Waals surface area contributed by atoms with E-state index < -0.39 is 5.82 Å². The normalized spacial score (nSPS) is 23.1. The molecule has 1 amide bonds. The lowest BCUT2D eigenvalue weighted by Crippen LogP contribution is -2.31. The van der Waals surface area contributed by atoms with Crippen molar-refractivity contribution in [2.45, 2.75) is 37.4 Å². The molecule has 0 radical (unpaired) electrons. The molecule has 1 aromatic rings. The smallest absolute Gasteiger partial charge is 0.254 e. The minimum Gasteiger partial charge on any atom is -0.352 e. The van der Waals surface area contributed by atoms with Gasteiger partial charge in [0.1, 0.15) is 5.82 Å². The standard InChI is InChI=1S/C15H19BrFNO/c1-10-2-7-14(17)13(8-10)15(19)18-9-11-3-5-12(16)6-4-11/h2,7-8,11-12H,3-6,9H2,1H3,(H,18,19). The molecule has 0 aromatic heterocycles. The van der Waals surface area contributed by atoms with Gasteiger partial charge in [0.2, 0.25) is 0 Å². The fourth-order valence-electron chi connectivity index (χ4n) is 2.47. The van der Waals surface area contributed by atoms with Gasteiger partial charge in [0.15, 0.2) is 0 Å². The highest BCUT2D eigenvalue weighted by atomic mass is 79.9. The first-order valence-corrected chi connectivity index (χ1v) is 7.66. The van der Waals surface area contributed by atoms with Crippen LogP contribution >= 0.6 is 15.9 Å². The van der Waals surface area contributed by atoms with Crippen molar-refractivity contribution in [3.05, 3.63) is 35.1 Å². The number of amides is 1. The first-order valence-electron chi connectivity index (χ1n) is 6.74. The maximum absolute atomic E-state index is 13.6. The van der Waals surface area contributed by atoms with Crippen molar-refractivity contribution in [1.29, 1.82) is 0 Å². The Balaban J connectivity index is 1.89. The van der Waals surface area contributed by atoms with Crippen LogP contribution in [0.25, 0.3) is 0 Å². The summed E-state index contributed by atoms with van der Waals surface area (Å²) < 4.78 is 13.6. The molecule has 1 aliphatic carbocycles. The molecule has 1 fully saturated rings. The zero-order chi connectivity index (χ0) is 13.8. The lowest BCUT2D eigenvalue weighted by molar-refractivity contribution is 0.0939. The van der Waals surface area contributed by atoms with Crippen LogP contribution in [0.2, 0.25) is 0 Å². The first kappa shape index (κ1) is 14.5. The van der Waals surface area contributed by atoms with E-state index in [1.54, 1.807) is 12.1 Å². The summed E-state index contributed by atoms with van der Waals surface area (Å²) in [6, 6.07) is 4.61. The quantitative estimate of drug-likeness (QED) is 0.840. The third-order valence-electron chi connectivity index (χ3n) is 3.69. The molecule has 19 heavy (non-hydrogen) atoms. The van der Waals surface area contributed by atoms with Gasteiger partial charge in [-0.3, -0.25) is 4.79 Å². The van der Waals surface area contributed by atoms with Crippen LogP contribution in [0.3, 0.4) is 0 Å². The Kier molecular flexibility index (Phi) is 4.97. The lowest BCUT2D eigenvalue weighted by Gasteiger charge is -2.25. The van der Waals surface area contributed by atoms with E-state index in [0.29, 0.717) is 17.3 Å². The van der Waals surface area contributed by atoms with Gasteiger partial charge in [-0.2, -0.15) is 0 Å². The molecule has 0 unspecified atom stereocenters. The van der Waals surface area contributed by atoms with Crippen LogP contribution in [0.1, 0.15) is 41.6 Å². The number of benzene rings is 1. The molecule has 0 atom stereocenters. The SMILES string of the molecule is Cc1ccc(F)c(C(=O)NCC2CCC(Br)CC2)c1. The monoisotopic (exact) mass is 327 g/mol. The zero-order valence-electron chi connectivity index (χ0n) is 11.1. The number of hydrogen-bond donors (Lipinski definition) is 1. The van der Waals surface area contributed by atoms with E-state index in [-0.39, 0.29) is 11.5 Å². The van der Waals surface area contributed by atoms with Gasteiger partial charge in [-0.25, -0.2) is 4.39 Å². The summed E-state index contributed by atoms with van der Waals surface area (Å²) >= 11 is 3.61. The van der Waals surface area contributed by atoms with E-state index in [2.05, 4.69) is 21.2 Å². The Labute approximate surface area is 121 Å². The predicted octanol–water partition coefficient (Wildman–Crippen LogP) is 3.82. The van der Waals surface area contributed by atoms with Crippen LogP contribution < -0.4 is 5.32 Å². The highest BCUT2D eigenvalue weighted by molar-refractivity contribution is 9.09. The van der Waals surface area contributed by atoms with Gasteiger partial charge in [0.05, 0.1) is 5.56 Å². The number of alkyl halides is 1. The second-order valence-corrected chi connectivity index (χ2v) is 6.61. The van der Waals surface area contributed by atoms with Crippen LogP contribution in [0.4, 0.5) is 4.39 Å². The van der Waals surface area contributed by atoms with Crippen molar-refractivity contribution >= 4 is 21.8 Å². The molecule has 1 aromatic carbocycles. The van der Waals surface area contributed by atoms with Crippen molar-refractivity contribution in [1.82, 2.24) is 5.32 Å². The third kappa shape index (κ3) is 4.03.